The summed E-state index contributed by atoms with van der Waals surface area (Å²) in [5.41, 5.74) is 6.41. The van der Waals surface area contributed by atoms with Gasteiger partial charge in [-0.3, -0.25) is 9.59 Å². The summed E-state index contributed by atoms with van der Waals surface area (Å²) >= 11 is 3.20. The van der Waals surface area contributed by atoms with Crippen molar-refractivity contribution in [1.29, 1.82) is 0 Å². The highest BCUT2D eigenvalue weighted by Gasteiger charge is 2.14. The van der Waals surface area contributed by atoms with E-state index in [0.717, 1.165) is 12.1 Å². The van der Waals surface area contributed by atoms with Crippen LogP contribution >= 0.6 is 15.9 Å². The van der Waals surface area contributed by atoms with Crippen LogP contribution in [-0.4, -0.2) is 10.5 Å². The Kier molecular flexibility index (Phi) is 10.1. The molecule has 8 heteroatoms. The van der Waals surface area contributed by atoms with Crippen LogP contribution in [0.5, 0.6) is 5.75 Å². The molecule has 1 aromatic carbocycles. The predicted molar refractivity (Wildman–Crippen MR) is 122 cm³/mol. The lowest BCUT2D eigenvalue weighted by molar-refractivity contribution is -0.114. The maximum absolute atomic E-state index is 13.7. The number of pyridine rings is 1. The van der Waals surface area contributed by atoms with Crippen LogP contribution in [0.1, 0.15) is 25.1 Å². The summed E-state index contributed by atoms with van der Waals surface area (Å²) in [6.45, 7) is 12.3. The summed E-state index contributed by atoms with van der Waals surface area (Å²) in [7, 11) is 0. The van der Waals surface area contributed by atoms with Crippen molar-refractivity contribution in [1.82, 2.24) is 4.57 Å². The maximum Gasteiger partial charge on any atom is 0.269 e. The second kappa shape index (κ2) is 12.0. The molecule has 0 radical (unpaired) electrons. The molecule has 0 atom stereocenters. The highest BCUT2D eigenvalue weighted by molar-refractivity contribution is 9.10. The summed E-state index contributed by atoms with van der Waals surface area (Å²) in [5, 5.41) is 0. The van der Waals surface area contributed by atoms with Gasteiger partial charge in [-0.1, -0.05) is 12.7 Å². The van der Waals surface area contributed by atoms with Crippen molar-refractivity contribution in [2.45, 2.75) is 33.9 Å². The third kappa shape index (κ3) is 7.64. The number of carbonyl (C=O) groups excluding carboxylic acids is 1. The number of ether oxygens (including phenoxy) is 1. The molecule has 166 valence electrons. The average molecular weight is 495 g/mol. The number of primary amides is 1. The van der Waals surface area contributed by atoms with Crippen LogP contribution in [0.2, 0.25) is 0 Å². The Balaban J connectivity index is 0.00000151. The fourth-order valence-electron chi connectivity index (χ4n) is 2.44. The topological polar surface area (TPSA) is 74.3 Å². The van der Waals surface area contributed by atoms with E-state index in [1.165, 1.54) is 16.7 Å². The van der Waals surface area contributed by atoms with Crippen molar-refractivity contribution >= 4 is 21.8 Å². The lowest BCUT2D eigenvalue weighted by atomic mass is 10.1. The lowest BCUT2D eigenvalue weighted by Crippen LogP contribution is -2.24. The summed E-state index contributed by atoms with van der Waals surface area (Å²) < 4.78 is 33.9. The molecule has 2 N–H and O–H groups in total. The third-order valence-corrected chi connectivity index (χ3v) is 4.71. The molecular weight excluding hydrogens is 470 g/mol. The van der Waals surface area contributed by atoms with E-state index in [4.69, 9.17) is 10.5 Å². The molecule has 0 bridgehead atoms. The standard InChI is InChI=1S/C20H19BrF2N2O3.C3H6/c1-11(6-12(2)19(24)26)9-25-13(3)7-17(18(21)20(25)27)28-10-14-4-5-15(22)8-16(14)23;1-3-2/h4-8H,1,9-10H2,2-3H3,(H2,24,26);3H,1H2,2H3/b12-6+;. The largest absolute Gasteiger partial charge is 0.487 e. The molecule has 31 heavy (non-hydrogen) atoms. The first-order chi connectivity index (χ1) is 14.5. The number of aryl methyl sites for hydroxylation is 1. The van der Waals surface area contributed by atoms with Gasteiger partial charge >= 0.3 is 0 Å². The van der Waals surface area contributed by atoms with Crippen molar-refractivity contribution in [2.75, 3.05) is 0 Å². The molecule has 0 fully saturated rings. The van der Waals surface area contributed by atoms with Crippen LogP contribution in [0, 0.1) is 18.6 Å². The molecule has 5 nitrogen and oxygen atoms in total. The monoisotopic (exact) mass is 494 g/mol. The second-order valence-corrected chi connectivity index (χ2v) is 7.43. The molecule has 2 aromatic rings. The number of hydrogen-bond donors (Lipinski definition) is 1. The summed E-state index contributed by atoms with van der Waals surface area (Å²) in [6.07, 6.45) is 3.27. The number of amides is 1. The maximum atomic E-state index is 13.7. The predicted octanol–water partition coefficient (Wildman–Crippen LogP) is 4.96. The van der Waals surface area contributed by atoms with Crippen molar-refractivity contribution in [3.8, 4) is 5.75 Å². The molecule has 1 aromatic heterocycles. The van der Waals surface area contributed by atoms with Crippen molar-refractivity contribution < 1.29 is 18.3 Å². The number of nitrogens with zero attached hydrogens (tertiary/aromatic N) is 1. The first-order valence-corrected chi connectivity index (χ1v) is 10.0. The molecule has 1 amide bonds. The van der Waals surface area contributed by atoms with Crippen LogP contribution in [0.25, 0.3) is 0 Å². The van der Waals surface area contributed by atoms with E-state index in [9.17, 15) is 18.4 Å². The zero-order valence-electron chi connectivity index (χ0n) is 17.7. The molecule has 0 aliphatic carbocycles. The van der Waals surface area contributed by atoms with Gasteiger partial charge in [0, 0.05) is 29.0 Å². The van der Waals surface area contributed by atoms with Gasteiger partial charge in [0.1, 0.15) is 28.5 Å². The zero-order valence-corrected chi connectivity index (χ0v) is 19.3. The van der Waals surface area contributed by atoms with Crippen LogP contribution in [0.3, 0.4) is 0 Å². The van der Waals surface area contributed by atoms with Gasteiger partial charge in [-0.2, -0.15) is 0 Å². The van der Waals surface area contributed by atoms with E-state index in [-0.39, 0.29) is 34.5 Å². The number of allylic oxidation sites excluding steroid dienone is 3. The smallest absolute Gasteiger partial charge is 0.269 e. The molecular formula is C23H25BrF2N2O3. The second-order valence-electron chi connectivity index (χ2n) is 6.64. The normalized spacial score (nSPS) is 10.7. The van der Waals surface area contributed by atoms with E-state index in [1.807, 2.05) is 6.92 Å². The molecule has 2 rings (SSSR count). The van der Waals surface area contributed by atoms with Gasteiger partial charge in [-0.15, -0.1) is 6.58 Å². The number of rotatable bonds is 7. The van der Waals surface area contributed by atoms with Gasteiger partial charge in [-0.05, 0) is 60.5 Å². The van der Waals surface area contributed by atoms with Crippen molar-refractivity contribution in [3.63, 3.8) is 0 Å². The minimum Gasteiger partial charge on any atom is -0.487 e. The fourth-order valence-corrected chi connectivity index (χ4v) is 2.88. The van der Waals surface area contributed by atoms with Gasteiger partial charge in [0.25, 0.3) is 5.56 Å². The van der Waals surface area contributed by atoms with Gasteiger partial charge in [0.05, 0.1) is 6.54 Å². The first-order valence-electron chi connectivity index (χ1n) is 9.21. The number of carbonyl (C=O) groups is 1. The Hall–Kier alpha value is -3.00. The van der Waals surface area contributed by atoms with Crippen LogP contribution in [0.15, 0.2) is 70.0 Å². The van der Waals surface area contributed by atoms with Crippen LogP contribution in [-0.2, 0) is 17.9 Å². The number of aromatic nitrogens is 1. The van der Waals surface area contributed by atoms with Crippen LogP contribution < -0.4 is 16.0 Å². The quantitative estimate of drug-likeness (QED) is 0.336. The minimum absolute atomic E-state index is 0.154. The van der Waals surface area contributed by atoms with Gasteiger partial charge in [-0.25, -0.2) is 8.78 Å². The van der Waals surface area contributed by atoms with Gasteiger partial charge in [0.15, 0.2) is 0 Å². The Morgan fingerprint density at radius 1 is 1.32 bits per heavy atom. The Morgan fingerprint density at radius 2 is 1.94 bits per heavy atom. The summed E-state index contributed by atoms with van der Waals surface area (Å²) in [5.74, 6) is -1.74. The Morgan fingerprint density at radius 3 is 2.48 bits per heavy atom. The zero-order chi connectivity index (χ0) is 23.7. The van der Waals surface area contributed by atoms with E-state index in [2.05, 4.69) is 29.1 Å². The van der Waals surface area contributed by atoms with E-state index in [1.54, 1.807) is 26.0 Å². The Labute approximate surface area is 188 Å². The van der Waals surface area contributed by atoms with Crippen molar-refractivity contribution in [2.24, 2.45) is 5.73 Å². The minimum atomic E-state index is -0.728. The molecule has 0 spiro atoms. The molecule has 0 saturated carbocycles. The first kappa shape index (κ1) is 26.0. The van der Waals surface area contributed by atoms with E-state index in [0.29, 0.717) is 16.8 Å². The summed E-state index contributed by atoms with van der Waals surface area (Å²) in [4.78, 5) is 23.8. The lowest BCUT2D eigenvalue weighted by Gasteiger charge is -2.15. The van der Waals surface area contributed by atoms with Crippen LogP contribution in [0.4, 0.5) is 8.78 Å². The average Bonchev–Trinajstić information content (AvgIpc) is 2.68. The van der Waals surface area contributed by atoms with Gasteiger partial charge in [0.2, 0.25) is 5.91 Å². The van der Waals surface area contributed by atoms with Gasteiger partial charge < -0.3 is 15.0 Å². The van der Waals surface area contributed by atoms with E-state index >= 15 is 0 Å². The SMILES string of the molecule is C=C(/C=C(\C)C(N)=O)Cn1c(C)cc(OCc2ccc(F)cc2F)c(Br)c1=O.C=CC. The molecule has 0 unspecified atom stereocenters. The molecule has 0 aliphatic heterocycles. The molecule has 1 heterocycles. The fraction of sp³-hybridized carbons (Fsp3) is 0.217. The van der Waals surface area contributed by atoms with Crippen molar-refractivity contribution in [3.05, 3.63) is 98.4 Å². The summed E-state index contributed by atoms with van der Waals surface area (Å²) in [6, 6.07) is 4.80. The highest BCUT2D eigenvalue weighted by Crippen LogP contribution is 2.24. The molecule has 0 saturated heterocycles. The number of halogens is 3. The number of nitrogens with two attached hydrogens (primary N) is 1. The number of hydrogen-bond acceptors (Lipinski definition) is 3. The molecule has 0 aliphatic rings. The van der Waals surface area contributed by atoms with E-state index < -0.39 is 17.5 Å². The Bertz CT molecular complexity index is 1080. The highest BCUT2D eigenvalue weighted by atomic mass is 79.9. The third-order valence-electron chi connectivity index (χ3n) is 3.98. The number of benzene rings is 1.